The summed E-state index contributed by atoms with van der Waals surface area (Å²) >= 11 is 11.5. The van der Waals surface area contributed by atoms with Gasteiger partial charge in [0.1, 0.15) is 0 Å². The van der Waals surface area contributed by atoms with Crippen molar-refractivity contribution in [2.45, 2.75) is 29.7 Å². The average Bonchev–Trinajstić information content (AvgIpc) is 2.44. The fourth-order valence-corrected chi connectivity index (χ4v) is 3.59. The lowest BCUT2D eigenvalue weighted by atomic mass is 10.2. The van der Waals surface area contributed by atoms with Gasteiger partial charge in [0, 0.05) is 20.8 Å². The first kappa shape index (κ1) is 15.9. The summed E-state index contributed by atoms with van der Waals surface area (Å²) < 4.78 is 1.09. The third kappa shape index (κ3) is 4.52. The first-order chi connectivity index (χ1) is 9.70. The Morgan fingerprint density at radius 2 is 1.95 bits per heavy atom. The zero-order valence-corrected chi connectivity index (χ0v) is 14.5. The minimum atomic E-state index is 0.796. The Kier molecular flexibility index (Phi) is 6.43. The minimum absolute atomic E-state index is 0.796. The molecule has 106 valence electrons. The summed E-state index contributed by atoms with van der Waals surface area (Å²) in [6.07, 6.45) is 1.14. The van der Waals surface area contributed by atoms with Crippen LogP contribution in [0.15, 0.2) is 56.7 Å². The van der Waals surface area contributed by atoms with E-state index in [9.17, 15) is 0 Å². The Hall–Kier alpha value is -0.480. The second kappa shape index (κ2) is 8.08. The highest BCUT2D eigenvalue weighted by atomic mass is 79.9. The smallest absolute Gasteiger partial charge is 0.0545 e. The van der Waals surface area contributed by atoms with Crippen LogP contribution in [-0.2, 0) is 6.54 Å². The van der Waals surface area contributed by atoms with Crippen molar-refractivity contribution in [1.29, 1.82) is 0 Å². The molecule has 4 heteroatoms. The predicted octanol–water partition coefficient (Wildman–Crippen LogP) is 5.75. The molecule has 0 fully saturated rings. The molecule has 0 saturated heterocycles. The molecule has 20 heavy (non-hydrogen) atoms. The molecule has 0 aromatic heterocycles. The lowest BCUT2D eigenvalue weighted by Crippen LogP contribution is -2.14. The van der Waals surface area contributed by atoms with E-state index in [2.05, 4.69) is 52.4 Å². The standard InChI is InChI=1S/C16H17BrClNS/c1-2-9-19-11-12-7-8-13(17)10-16(12)20-15-6-4-3-5-14(15)18/h3-8,10,19H,2,9,11H2,1H3. The summed E-state index contributed by atoms with van der Waals surface area (Å²) in [6, 6.07) is 14.3. The highest BCUT2D eigenvalue weighted by molar-refractivity contribution is 9.10. The molecule has 0 amide bonds. The van der Waals surface area contributed by atoms with Gasteiger partial charge in [0.15, 0.2) is 0 Å². The van der Waals surface area contributed by atoms with E-state index in [-0.39, 0.29) is 0 Å². The van der Waals surface area contributed by atoms with Gasteiger partial charge in [0.25, 0.3) is 0 Å². The third-order valence-corrected chi connectivity index (χ3v) is 4.94. The number of nitrogens with one attached hydrogen (secondary N) is 1. The van der Waals surface area contributed by atoms with Crippen LogP contribution in [0.3, 0.4) is 0 Å². The second-order valence-electron chi connectivity index (χ2n) is 4.46. The molecular weight excluding hydrogens is 354 g/mol. The molecule has 0 heterocycles. The normalized spacial score (nSPS) is 10.8. The molecule has 0 radical (unpaired) electrons. The van der Waals surface area contributed by atoms with Crippen molar-refractivity contribution in [3.8, 4) is 0 Å². The second-order valence-corrected chi connectivity index (χ2v) is 6.87. The van der Waals surface area contributed by atoms with Gasteiger partial charge in [0.2, 0.25) is 0 Å². The highest BCUT2D eigenvalue weighted by Gasteiger charge is 2.07. The van der Waals surface area contributed by atoms with Crippen LogP contribution in [0.25, 0.3) is 0 Å². The number of benzene rings is 2. The molecule has 2 aromatic carbocycles. The molecule has 0 spiro atoms. The van der Waals surface area contributed by atoms with Crippen molar-refractivity contribution in [3.63, 3.8) is 0 Å². The molecule has 0 atom stereocenters. The maximum atomic E-state index is 6.24. The summed E-state index contributed by atoms with van der Waals surface area (Å²) in [5.41, 5.74) is 1.30. The number of rotatable bonds is 6. The van der Waals surface area contributed by atoms with Crippen LogP contribution in [-0.4, -0.2) is 6.54 Å². The molecule has 2 rings (SSSR count). The van der Waals surface area contributed by atoms with Gasteiger partial charge in [-0.25, -0.2) is 0 Å². The molecule has 0 bridgehead atoms. The molecule has 0 aliphatic carbocycles. The van der Waals surface area contributed by atoms with E-state index in [0.717, 1.165) is 33.9 Å². The highest BCUT2D eigenvalue weighted by Crippen LogP contribution is 2.36. The molecule has 0 saturated carbocycles. The zero-order valence-electron chi connectivity index (χ0n) is 11.3. The van der Waals surface area contributed by atoms with Crippen LogP contribution < -0.4 is 5.32 Å². The largest absolute Gasteiger partial charge is 0.313 e. The van der Waals surface area contributed by atoms with E-state index < -0.39 is 0 Å². The van der Waals surface area contributed by atoms with Crippen LogP contribution >= 0.6 is 39.3 Å². The molecule has 1 nitrogen and oxygen atoms in total. The summed E-state index contributed by atoms with van der Waals surface area (Å²) in [6.45, 7) is 4.09. The van der Waals surface area contributed by atoms with Gasteiger partial charge >= 0.3 is 0 Å². The van der Waals surface area contributed by atoms with Crippen molar-refractivity contribution in [1.82, 2.24) is 5.32 Å². The van der Waals surface area contributed by atoms with Gasteiger partial charge in [-0.2, -0.15) is 0 Å². The van der Waals surface area contributed by atoms with E-state index in [1.807, 2.05) is 18.2 Å². The van der Waals surface area contributed by atoms with Gasteiger partial charge in [-0.15, -0.1) is 0 Å². The third-order valence-electron chi connectivity index (χ3n) is 2.83. The molecule has 1 N–H and O–H groups in total. The van der Waals surface area contributed by atoms with Crippen molar-refractivity contribution in [2.24, 2.45) is 0 Å². The zero-order chi connectivity index (χ0) is 14.4. The van der Waals surface area contributed by atoms with Gasteiger partial charge < -0.3 is 5.32 Å². The van der Waals surface area contributed by atoms with E-state index in [4.69, 9.17) is 11.6 Å². The Morgan fingerprint density at radius 3 is 2.70 bits per heavy atom. The Balaban J connectivity index is 2.21. The van der Waals surface area contributed by atoms with Crippen LogP contribution in [0.4, 0.5) is 0 Å². The van der Waals surface area contributed by atoms with Gasteiger partial charge in [-0.05, 0) is 42.8 Å². The van der Waals surface area contributed by atoms with Crippen LogP contribution in [0.2, 0.25) is 5.02 Å². The monoisotopic (exact) mass is 369 g/mol. The lowest BCUT2D eigenvalue weighted by Gasteiger charge is -2.11. The molecule has 2 aromatic rings. The maximum Gasteiger partial charge on any atom is 0.0545 e. The first-order valence-electron chi connectivity index (χ1n) is 6.62. The summed E-state index contributed by atoms with van der Waals surface area (Å²) in [5.74, 6) is 0. The lowest BCUT2D eigenvalue weighted by molar-refractivity contribution is 0.669. The van der Waals surface area contributed by atoms with Gasteiger partial charge in [-0.3, -0.25) is 0 Å². The van der Waals surface area contributed by atoms with Crippen molar-refractivity contribution in [2.75, 3.05) is 6.54 Å². The van der Waals surface area contributed by atoms with E-state index in [1.54, 1.807) is 11.8 Å². The Bertz CT molecular complexity index is 574. The Morgan fingerprint density at radius 1 is 1.15 bits per heavy atom. The van der Waals surface area contributed by atoms with Gasteiger partial charge in [0.05, 0.1) is 5.02 Å². The van der Waals surface area contributed by atoms with Crippen LogP contribution in [0.5, 0.6) is 0 Å². The van der Waals surface area contributed by atoms with Gasteiger partial charge in [-0.1, -0.05) is 64.4 Å². The van der Waals surface area contributed by atoms with Crippen molar-refractivity contribution in [3.05, 3.63) is 57.5 Å². The molecular formula is C16H17BrClNS. The topological polar surface area (TPSA) is 12.0 Å². The quantitative estimate of drug-likeness (QED) is 0.649. The average molecular weight is 371 g/mol. The fourth-order valence-electron chi connectivity index (χ4n) is 1.82. The summed E-state index contributed by atoms with van der Waals surface area (Å²) in [5, 5.41) is 4.25. The number of hydrogen-bond donors (Lipinski definition) is 1. The van der Waals surface area contributed by atoms with Crippen molar-refractivity contribution >= 4 is 39.3 Å². The molecule has 0 aliphatic rings. The molecule has 0 unspecified atom stereocenters. The number of hydrogen-bond acceptors (Lipinski definition) is 2. The SMILES string of the molecule is CCCNCc1ccc(Br)cc1Sc1ccccc1Cl. The maximum absolute atomic E-state index is 6.24. The van der Waals surface area contributed by atoms with Crippen LogP contribution in [0, 0.1) is 0 Å². The first-order valence-corrected chi connectivity index (χ1v) is 8.61. The minimum Gasteiger partial charge on any atom is -0.313 e. The summed E-state index contributed by atoms with van der Waals surface area (Å²) in [4.78, 5) is 2.32. The van der Waals surface area contributed by atoms with Crippen LogP contribution in [0.1, 0.15) is 18.9 Å². The summed E-state index contributed by atoms with van der Waals surface area (Å²) in [7, 11) is 0. The predicted molar refractivity (Wildman–Crippen MR) is 91.7 cm³/mol. The van der Waals surface area contributed by atoms with E-state index in [1.165, 1.54) is 10.5 Å². The Labute approximate surface area is 138 Å². The number of halogens is 2. The fraction of sp³-hybridized carbons (Fsp3) is 0.250. The van der Waals surface area contributed by atoms with E-state index in [0.29, 0.717) is 0 Å². The van der Waals surface area contributed by atoms with E-state index >= 15 is 0 Å². The van der Waals surface area contributed by atoms with Crippen molar-refractivity contribution < 1.29 is 0 Å². The molecule has 0 aliphatic heterocycles.